The van der Waals surface area contributed by atoms with Gasteiger partial charge in [0.1, 0.15) is 5.75 Å². The van der Waals surface area contributed by atoms with Crippen LogP contribution in [0.15, 0.2) is 53.4 Å². The van der Waals surface area contributed by atoms with Crippen molar-refractivity contribution < 1.29 is 22.7 Å². The lowest BCUT2D eigenvalue weighted by molar-refractivity contribution is -0.120. The zero-order valence-electron chi connectivity index (χ0n) is 15.4. The van der Waals surface area contributed by atoms with Crippen molar-refractivity contribution in [2.24, 2.45) is 0 Å². The van der Waals surface area contributed by atoms with Gasteiger partial charge in [0.15, 0.2) is 6.61 Å². The summed E-state index contributed by atoms with van der Waals surface area (Å²) in [6, 6.07) is 14.0. The number of carbonyl (C=O) groups excluding carboxylic acids is 1. The Balaban J connectivity index is 1.38. The minimum Gasteiger partial charge on any atom is -0.484 e. The van der Waals surface area contributed by atoms with Crippen LogP contribution in [-0.2, 0) is 26.0 Å². The summed E-state index contributed by atoms with van der Waals surface area (Å²) in [5.41, 5.74) is 2.09. The molecule has 0 aromatic heterocycles. The molecule has 2 heterocycles. The summed E-state index contributed by atoms with van der Waals surface area (Å²) in [5.74, 6) is 0.344. The summed E-state index contributed by atoms with van der Waals surface area (Å²) in [6.45, 7) is 2.07. The Hall–Kier alpha value is -2.42. The molecule has 4 rings (SSSR count). The maximum absolute atomic E-state index is 12.6. The van der Waals surface area contributed by atoms with Crippen molar-refractivity contribution in [2.45, 2.75) is 11.3 Å². The van der Waals surface area contributed by atoms with Gasteiger partial charge in [-0.3, -0.25) is 4.79 Å². The molecule has 2 aromatic rings. The second kappa shape index (κ2) is 7.90. The molecule has 0 N–H and O–H groups in total. The van der Waals surface area contributed by atoms with Crippen molar-refractivity contribution >= 4 is 21.6 Å². The number of anilines is 1. The third kappa shape index (κ3) is 3.76. The van der Waals surface area contributed by atoms with Crippen LogP contribution in [0.5, 0.6) is 5.75 Å². The predicted octanol–water partition coefficient (Wildman–Crippen LogP) is 1.68. The van der Waals surface area contributed by atoms with Crippen LogP contribution in [0.1, 0.15) is 5.56 Å². The van der Waals surface area contributed by atoms with E-state index < -0.39 is 10.0 Å². The number of fused-ring (bicyclic) bond motifs is 1. The van der Waals surface area contributed by atoms with Gasteiger partial charge >= 0.3 is 0 Å². The molecule has 1 amide bonds. The summed E-state index contributed by atoms with van der Waals surface area (Å²) in [7, 11) is -3.53. The Kier molecular flexibility index (Phi) is 5.34. The third-order valence-electron chi connectivity index (χ3n) is 4.98. The van der Waals surface area contributed by atoms with Gasteiger partial charge in [0.05, 0.1) is 18.1 Å². The molecule has 1 saturated heterocycles. The molecule has 0 aliphatic carbocycles. The number of amides is 1. The van der Waals surface area contributed by atoms with E-state index in [2.05, 4.69) is 0 Å². The second-order valence-corrected chi connectivity index (χ2v) is 8.64. The monoisotopic (exact) mass is 402 g/mol. The molecule has 7 nitrogen and oxygen atoms in total. The lowest BCUT2D eigenvalue weighted by Crippen LogP contribution is -2.40. The van der Waals surface area contributed by atoms with Crippen LogP contribution in [0.2, 0.25) is 0 Å². The first-order valence-corrected chi connectivity index (χ1v) is 10.7. The largest absolute Gasteiger partial charge is 0.484 e. The summed E-state index contributed by atoms with van der Waals surface area (Å²) in [4.78, 5) is 14.4. The highest BCUT2D eigenvalue weighted by molar-refractivity contribution is 7.89. The van der Waals surface area contributed by atoms with Gasteiger partial charge in [-0.2, -0.15) is 4.31 Å². The molecule has 8 heteroatoms. The predicted molar refractivity (Wildman–Crippen MR) is 104 cm³/mol. The number of hydrogen-bond acceptors (Lipinski definition) is 5. The zero-order chi connectivity index (χ0) is 19.6. The number of benzene rings is 2. The summed E-state index contributed by atoms with van der Waals surface area (Å²) in [5, 5.41) is 0. The normalized spacial score (nSPS) is 17.4. The van der Waals surface area contributed by atoms with E-state index in [0.29, 0.717) is 38.6 Å². The van der Waals surface area contributed by atoms with Crippen molar-refractivity contribution in [1.29, 1.82) is 0 Å². The molecular weight excluding hydrogens is 380 g/mol. The van der Waals surface area contributed by atoms with E-state index in [1.165, 1.54) is 16.4 Å². The van der Waals surface area contributed by atoms with E-state index in [1.807, 2.05) is 24.3 Å². The van der Waals surface area contributed by atoms with Gasteiger partial charge in [-0.25, -0.2) is 8.42 Å². The van der Waals surface area contributed by atoms with E-state index >= 15 is 0 Å². The van der Waals surface area contributed by atoms with Crippen molar-refractivity contribution in [3.8, 4) is 5.75 Å². The fourth-order valence-electron chi connectivity index (χ4n) is 3.46. The minimum absolute atomic E-state index is 0.0934. The first kappa shape index (κ1) is 18.9. The number of ether oxygens (including phenoxy) is 2. The lowest BCUT2D eigenvalue weighted by atomic mass is 10.2. The van der Waals surface area contributed by atoms with Crippen molar-refractivity contribution in [2.75, 3.05) is 44.4 Å². The highest BCUT2D eigenvalue weighted by Crippen LogP contribution is 2.27. The van der Waals surface area contributed by atoms with E-state index in [4.69, 9.17) is 9.47 Å². The highest BCUT2D eigenvalue weighted by Gasteiger charge is 2.27. The first-order chi connectivity index (χ1) is 13.6. The van der Waals surface area contributed by atoms with Crippen LogP contribution >= 0.6 is 0 Å². The second-order valence-electron chi connectivity index (χ2n) is 6.70. The Bertz CT molecular complexity index is 953. The van der Waals surface area contributed by atoms with Gasteiger partial charge in [0, 0.05) is 25.3 Å². The van der Waals surface area contributed by atoms with E-state index in [0.717, 1.165) is 17.7 Å². The molecule has 2 aliphatic heterocycles. The zero-order valence-corrected chi connectivity index (χ0v) is 16.2. The minimum atomic E-state index is -3.53. The van der Waals surface area contributed by atoms with E-state index in [9.17, 15) is 13.2 Å². The number of nitrogens with zero attached hydrogens (tertiary/aromatic N) is 2. The molecule has 148 valence electrons. The SMILES string of the molecule is O=C(COc1ccc(S(=O)(=O)N2CCOCC2)cc1)N1CCc2ccccc21. The molecule has 0 atom stereocenters. The number of morpholine rings is 1. The smallest absolute Gasteiger partial charge is 0.264 e. The quantitative estimate of drug-likeness (QED) is 0.761. The van der Waals surface area contributed by atoms with E-state index in [-0.39, 0.29) is 17.4 Å². The fourth-order valence-corrected chi connectivity index (χ4v) is 4.87. The Morgan fingerprint density at radius 3 is 2.46 bits per heavy atom. The summed E-state index contributed by atoms with van der Waals surface area (Å²) >= 11 is 0. The molecule has 2 aromatic carbocycles. The molecular formula is C20H22N2O5S. The Morgan fingerprint density at radius 1 is 1.00 bits per heavy atom. The van der Waals surface area contributed by atoms with Crippen LogP contribution in [0.3, 0.4) is 0 Å². The van der Waals surface area contributed by atoms with Crippen LogP contribution in [0, 0.1) is 0 Å². The van der Waals surface area contributed by atoms with Crippen LogP contribution in [-0.4, -0.2) is 58.1 Å². The van der Waals surface area contributed by atoms with Crippen LogP contribution < -0.4 is 9.64 Å². The molecule has 0 radical (unpaired) electrons. The molecule has 1 fully saturated rings. The molecule has 0 unspecified atom stereocenters. The van der Waals surface area contributed by atoms with Gasteiger partial charge in [-0.15, -0.1) is 0 Å². The molecule has 0 saturated carbocycles. The van der Waals surface area contributed by atoms with Crippen molar-refractivity contribution in [3.05, 3.63) is 54.1 Å². The van der Waals surface area contributed by atoms with Gasteiger partial charge in [-0.1, -0.05) is 18.2 Å². The van der Waals surface area contributed by atoms with Gasteiger partial charge in [0.2, 0.25) is 10.0 Å². The van der Waals surface area contributed by atoms with Crippen molar-refractivity contribution in [1.82, 2.24) is 4.31 Å². The Morgan fingerprint density at radius 2 is 1.71 bits per heavy atom. The standard InChI is InChI=1S/C20H22N2O5S/c23-20(22-10-9-16-3-1-2-4-19(16)22)15-27-17-5-7-18(8-6-17)28(24,25)21-11-13-26-14-12-21/h1-8H,9-15H2. The molecule has 0 spiro atoms. The number of hydrogen-bond donors (Lipinski definition) is 0. The number of sulfonamides is 1. The van der Waals surface area contributed by atoms with E-state index in [1.54, 1.807) is 17.0 Å². The Labute approximate surface area is 164 Å². The van der Waals surface area contributed by atoms with Gasteiger partial charge < -0.3 is 14.4 Å². The summed E-state index contributed by atoms with van der Waals surface area (Å²) < 4.78 is 37.5. The average molecular weight is 402 g/mol. The number of carbonyl (C=O) groups is 1. The molecule has 28 heavy (non-hydrogen) atoms. The molecule has 2 aliphatic rings. The molecule has 0 bridgehead atoms. The van der Waals surface area contributed by atoms with Gasteiger partial charge in [-0.05, 0) is 42.3 Å². The maximum atomic E-state index is 12.6. The summed E-state index contributed by atoms with van der Waals surface area (Å²) in [6.07, 6.45) is 0.843. The number of para-hydroxylation sites is 1. The highest BCUT2D eigenvalue weighted by atomic mass is 32.2. The number of rotatable bonds is 5. The van der Waals surface area contributed by atoms with Crippen LogP contribution in [0.4, 0.5) is 5.69 Å². The van der Waals surface area contributed by atoms with Crippen LogP contribution in [0.25, 0.3) is 0 Å². The van der Waals surface area contributed by atoms with Gasteiger partial charge in [0.25, 0.3) is 5.91 Å². The topological polar surface area (TPSA) is 76.2 Å². The maximum Gasteiger partial charge on any atom is 0.264 e. The average Bonchev–Trinajstić information content (AvgIpc) is 3.17. The first-order valence-electron chi connectivity index (χ1n) is 9.25. The fraction of sp³-hybridized carbons (Fsp3) is 0.350. The van der Waals surface area contributed by atoms with Crippen molar-refractivity contribution in [3.63, 3.8) is 0 Å². The lowest BCUT2D eigenvalue weighted by Gasteiger charge is -2.26. The third-order valence-corrected chi connectivity index (χ3v) is 6.89.